The van der Waals surface area contributed by atoms with Crippen LogP contribution in [0.3, 0.4) is 0 Å². The van der Waals surface area contributed by atoms with Crippen molar-refractivity contribution in [1.29, 1.82) is 0 Å². The van der Waals surface area contributed by atoms with Crippen molar-refractivity contribution in [3.05, 3.63) is 0 Å². The SMILES string of the molecule is CCOC(=O)C(C)(CCCOCC1CCCCC1)NC. The van der Waals surface area contributed by atoms with Crippen LogP contribution in [0.4, 0.5) is 0 Å². The second-order valence-electron chi connectivity index (χ2n) is 5.99. The van der Waals surface area contributed by atoms with Gasteiger partial charge in [-0.3, -0.25) is 4.79 Å². The van der Waals surface area contributed by atoms with Crippen LogP contribution in [0.25, 0.3) is 0 Å². The Morgan fingerprint density at radius 1 is 1.30 bits per heavy atom. The number of carbonyl (C=O) groups excluding carboxylic acids is 1. The lowest BCUT2D eigenvalue weighted by molar-refractivity contribution is -0.150. The van der Waals surface area contributed by atoms with Gasteiger partial charge in [0.1, 0.15) is 5.54 Å². The highest BCUT2D eigenvalue weighted by atomic mass is 16.5. The maximum atomic E-state index is 11.9. The number of carbonyl (C=O) groups is 1. The second-order valence-corrected chi connectivity index (χ2v) is 5.99. The topological polar surface area (TPSA) is 47.6 Å². The normalized spacial score (nSPS) is 19.6. The molecule has 0 radical (unpaired) electrons. The molecule has 0 spiro atoms. The zero-order chi connectivity index (χ0) is 14.8. The zero-order valence-corrected chi connectivity index (χ0v) is 13.4. The first-order valence-corrected chi connectivity index (χ1v) is 8.06. The molecule has 118 valence electrons. The maximum absolute atomic E-state index is 11.9. The van der Waals surface area contributed by atoms with Crippen LogP contribution < -0.4 is 5.32 Å². The highest BCUT2D eigenvalue weighted by Gasteiger charge is 2.32. The number of esters is 1. The summed E-state index contributed by atoms with van der Waals surface area (Å²) in [4.78, 5) is 11.9. The molecule has 1 unspecified atom stereocenters. The summed E-state index contributed by atoms with van der Waals surface area (Å²) < 4.78 is 10.9. The molecule has 1 atom stereocenters. The number of ether oxygens (including phenoxy) is 2. The van der Waals surface area contributed by atoms with E-state index in [9.17, 15) is 4.79 Å². The van der Waals surface area contributed by atoms with E-state index in [0.717, 1.165) is 32.0 Å². The van der Waals surface area contributed by atoms with Gasteiger partial charge in [-0.25, -0.2) is 0 Å². The van der Waals surface area contributed by atoms with E-state index in [1.807, 2.05) is 13.8 Å². The minimum atomic E-state index is -0.593. The largest absolute Gasteiger partial charge is 0.465 e. The molecule has 1 aliphatic carbocycles. The fourth-order valence-electron chi connectivity index (χ4n) is 2.75. The van der Waals surface area contributed by atoms with Crippen molar-refractivity contribution in [3.63, 3.8) is 0 Å². The van der Waals surface area contributed by atoms with Crippen molar-refractivity contribution in [1.82, 2.24) is 5.32 Å². The van der Waals surface area contributed by atoms with Crippen LogP contribution in [-0.2, 0) is 14.3 Å². The van der Waals surface area contributed by atoms with Crippen LogP contribution in [0.2, 0.25) is 0 Å². The van der Waals surface area contributed by atoms with Crippen molar-refractivity contribution in [2.24, 2.45) is 5.92 Å². The molecule has 0 aliphatic heterocycles. The molecule has 0 aromatic heterocycles. The summed E-state index contributed by atoms with van der Waals surface area (Å²) in [6, 6.07) is 0. The number of hydrogen-bond acceptors (Lipinski definition) is 4. The van der Waals surface area contributed by atoms with Gasteiger partial charge in [-0.05, 0) is 52.5 Å². The zero-order valence-electron chi connectivity index (χ0n) is 13.4. The Morgan fingerprint density at radius 2 is 2.00 bits per heavy atom. The minimum Gasteiger partial charge on any atom is -0.465 e. The lowest BCUT2D eigenvalue weighted by Gasteiger charge is -2.27. The van der Waals surface area contributed by atoms with Crippen LogP contribution in [0.15, 0.2) is 0 Å². The summed E-state index contributed by atoms with van der Waals surface area (Å²) in [5.74, 6) is 0.583. The van der Waals surface area contributed by atoms with E-state index in [4.69, 9.17) is 9.47 Å². The molecular formula is C16H31NO3. The van der Waals surface area contributed by atoms with Gasteiger partial charge < -0.3 is 14.8 Å². The van der Waals surface area contributed by atoms with Gasteiger partial charge in [0.15, 0.2) is 0 Å². The van der Waals surface area contributed by atoms with Gasteiger partial charge >= 0.3 is 5.97 Å². The van der Waals surface area contributed by atoms with Gasteiger partial charge in [0.05, 0.1) is 6.61 Å². The fraction of sp³-hybridized carbons (Fsp3) is 0.938. The lowest BCUT2D eigenvalue weighted by atomic mass is 9.90. The number of hydrogen-bond donors (Lipinski definition) is 1. The van der Waals surface area contributed by atoms with E-state index in [0.29, 0.717) is 6.61 Å². The van der Waals surface area contributed by atoms with Crippen molar-refractivity contribution < 1.29 is 14.3 Å². The molecule has 0 saturated heterocycles. The van der Waals surface area contributed by atoms with Gasteiger partial charge in [0.25, 0.3) is 0 Å². The van der Waals surface area contributed by atoms with E-state index in [1.54, 1.807) is 7.05 Å². The molecule has 0 aromatic carbocycles. The van der Waals surface area contributed by atoms with Crippen molar-refractivity contribution >= 4 is 5.97 Å². The van der Waals surface area contributed by atoms with Crippen molar-refractivity contribution in [2.75, 3.05) is 26.9 Å². The molecular weight excluding hydrogens is 254 g/mol. The quantitative estimate of drug-likeness (QED) is 0.523. The molecule has 0 amide bonds. The highest BCUT2D eigenvalue weighted by Crippen LogP contribution is 2.23. The van der Waals surface area contributed by atoms with E-state index < -0.39 is 5.54 Å². The third kappa shape index (κ3) is 5.80. The third-order valence-corrected chi connectivity index (χ3v) is 4.32. The number of nitrogens with one attached hydrogen (secondary N) is 1. The van der Waals surface area contributed by atoms with Gasteiger partial charge in [0, 0.05) is 13.2 Å². The van der Waals surface area contributed by atoms with E-state index >= 15 is 0 Å². The summed E-state index contributed by atoms with van der Waals surface area (Å²) in [5, 5.41) is 3.07. The minimum absolute atomic E-state index is 0.171. The van der Waals surface area contributed by atoms with Crippen LogP contribution in [0.1, 0.15) is 58.8 Å². The molecule has 4 heteroatoms. The first kappa shape index (κ1) is 17.4. The summed E-state index contributed by atoms with van der Waals surface area (Å²) in [6.07, 6.45) is 8.35. The predicted octanol–water partition coefficient (Wildman–Crippen LogP) is 2.90. The Kier molecular flexibility index (Phi) is 8.15. The summed E-state index contributed by atoms with van der Waals surface area (Å²) in [5.41, 5.74) is -0.593. The monoisotopic (exact) mass is 285 g/mol. The predicted molar refractivity (Wildman–Crippen MR) is 80.7 cm³/mol. The molecule has 0 heterocycles. The van der Waals surface area contributed by atoms with E-state index in [-0.39, 0.29) is 5.97 Å². The van der Waals surface area contributed by atoms with Gasteiger partial charge in [-0.15, -0.1) is 0 Å². The molecule has 1 rings (SSSR count). The van der Waals surface area contributed by atoms with Gasteiger partial charge in [-0.1, -0.05) is 19.3 Å². The molecule has 1 N–H and O–H groups in total. The molecule has 20 heavy (non-hydrogen) atoms. The fourth-order valence-corrected chi connectivity index (χ4v) is 2.75. The highest BCUT2D eigenvalue weighted by molar-refractivity contribution is 5.80. The standard InChI is InChI=1S/C16H31NO3/c1-4-20-15(18)16(2,17-3)11-8-12-19-13-14-9-6-5-7-10-14/h14,17H,4-13H2,1-3H3. The first-order chi connectivity index (χ1) is 9.62. The van der Waals surface area contributed by atoms with E-state index in [1.165, 1.54) is 32.1 Å². The van der Waals surface area contributed by atoms with Crippen LogP contribution in [0, 0.1) is 5.92 Å². The lowest BCUT2D eigenvalue weighted by Crippen LogP contribution is -2.48. The molecule has 4 nitrogen and oxygen atoms in total. The van der Waals surface area contributed by atoms with Gasteiger partial charge in [-0.2, -0.15) is 0 Å². The Morgan fingerprint density at radius 3 is 2.60 bits per heavy atom. The Bertz CT molecular complexity index is 277. The number of likely N-dealkylation sites (N-methyl/N-ethyl adjacent to an activating group) is 1. The average molecular weight is 285 g/mol. The summed E-state index contributed by atoms with van der Waals surface area (Å²) >= 11 is 0. The molecule has 1 fully saturated rings. The Labute approximate surface area is 123 Å². The number of rotatable bonds is 9. The first-order valence-electron chi connectivity index (χ1n) is 8.06. The van der Waals surface area contributed by atoms with Gasteiger partial charge in [0.2, 0.25) is 0 Å². The van der Waals surface area contributed by atoms with Crippen LogP contribution in [0.5, 0.6) is 0 Å². The smallest absolute Gasteiger partial charge is 0.326 e. The second kappa shape index (κ2) is 9.35. The van der Waals surface area contributed by atoms with Crippen LogP contribution in [-0.4, -0.2) is 38.4 Å². The van der Waals surface area contributed by atoms with Crippen LogP contribution >= 0.6 is 0 Å². The molecule has 0 bridgehead atoms. The van der Waals surface area contributed by atoms with Crippen molar-refractivity contribution in [2.45, 2.75) is 64.3 Å². The van der Waals surface area contributed by atoms with Crippen molar-refractivity contribution in [3.8, 4) is 0 Å². The molecule has 1 saturated carbocycles. The summed E-state index contributed by atoms with van der Waals surface area (Å²) in [6.45, 7) is 5.77. The molecule has 0 aromatic rings. The summed E-state index contributed by atoms with van der Waals surface area (Å²) in [7, 11) is 1.81. The average Bonchev–Trinajstić information content (AvgIpc) is 2.48. The van der Waals surface area contributed by atoms with E-state index in [2.05, 4.69) is 5.32 Å². The third-order valence-electron chi connectivity index (χ3n) is 4.32. The Balaban J connectivity index is 2.15. The maximum Gasteiger partial charge on any atom is 0.326 e. The molecule has 1 aliphatic rings. The Hall–Kier alpha value is -0.610.